The molecule has 1 fully saturated rings. The number of hydrogen-bond donors (Lipinski definition) is 2. The summed E-state index contributed by atoms with van der Waals surface area (Å²) >= 11 is 0. The second-order valence-electron chi connectivity index (χ2n) is 5.31. The molecular formula is C12H21NO6S. The maximum absolute atomic E-state index is 12.0. The van der Waals surface area contributed by atoms with Crippen molar-refractivity contribution in [3.63, 3.8) is 0 Å². The molecule has 0 aromatic rings. The molecule has 0 heterocycles. The molecule has 8 heteroatoms. The maximum atomic E-state index is 12.0. The van der Waals surface area contributed by atoms with E-state index in [-0.39, 0.29) is 18.6 Å². The second kappa shape index (κ2) is 6.53. The smallest absolute Gasteiger partial charge is 0.321 e. The van der Waals surface area contributed by atoms with Crippen molar-refractivity contribution < 1.29 is 27.9 Å². The van der Waals surface area contributed by atoms with Crippen LogP contribution in [0.1, 0.15) is 39.0 Å². The van der Waals surface area contributed by atoms with Crippen molar-refractivity contribution in [3.8, 4) is 0 Å². The van der Waals surface area contributed by atoms with Crippen LogP contribution in [0.25, 0.3) is 0 Å². The lowest BCUT2D eigenvalue weighted by Crippen LogP contribution is -2.43. The van der Waals surface area contributed by atoms with E-state index in [1.807, 2.05) is 0 Å². The Morgan fingerprint density at radius 2 is 2.00 bits per heavy atom. The number of methoxy groups -OCH3 is 1. The molecule has 0 bridgehead atoms. The minimum absolute atomic E-state index is 0.0515. The van der Waals surface area contributed by atoms with Gasteiger partial charge in [0.2, 0.25) is 10.0 Å². The zero-order valence-corrected chi connectivity index (χ0v) is 12.5. The number of sulfonamides is 1. The van der Waals surface area contributed by atoms with Crippen LogP contribution in [-0.2, 0) is 24.3 Å². The van der Waals surface area contributed by atoms with Crippen LogP contribution in [0.4, 0.5) is 0 Å². The second-order valence-corrected chi connectivity index (χ2v) is 7.06. The van der Waals surface area contributed by atoms with Gasteiger partial charge >= 0.3 is 11.9 Å². The predicted molar refractivity (Wildman–Crippen MR) is 71.6 cm³/mol. The van der Waals surface area contributed by atoms with Gasteiger partial charge < -0.3 is 9.84 Å². The number of rotatable bonds is 9. The van der Waals surface area contributed by atoms with E-state index in [9.17, 15) is 18.0 Å². The predicted octanol–water partition coefficient (Wildman–Crippen LogP) is 0.502. The summed E-state index contributed by atoms with van der Waals surface area (Å²) in [4.78, 5) is 22.2. The molecule has 0 spiro atoms. The molecule has 116 valence electrons. The topological polar surface area (TPSA) is 110 Å². The fraction of sp³-hybridized carbons (Fsp3) is 0.833. The number of hydrogen-bond acceptors (Lipinski definition) is 5. The molecule has 0 radical (unpaired) electrons. The van der Waals surface area contributed by atoms with Crippen LogP contribution in [0.3, 0.4) is 0 Å². The Labute approximate surface area is 118 Å². The van der Waals surface area contributed by atoms with E-state index in [4.69, 9.17) is 5.11 Å². The lowest BCUT2D eigenvalue weighted by atomic mass is 10.1. The minimum atomic E-state index is -3.74. The number of carboxylic acids is 1. The highest BCUT2D eigenvalue weighted by Gasteiger charge is 2.48. The highest BCUT2D eigenvalue weighted by atomic mass is 32.2. The van der Waals surface area contributed by atoms with Gasteiger partial charge in [-0.15, -0.1) is 0 Å². The average Bonchev–Trinajstić information content (AvgIpc) is 3.06. The van der Waals surface area contributed by atoms with E-state index in [2.05, 4.69) is 9.46 Å². The van der Waals surface area contributed by atoms with Gasteiger partial charge in [0.05, 0.1) is 19.3 Å². The van der Waals surface area contributed by atoms with Gasteiger partial charge in [-0.1, -0.05) is 13.3 Å². The third kappa shape index (κ3) is 5.09. The molecule has 0 amide bonds. The summed E-state index contributed by atoms with van der Waals surface area (Å²) in [6.07, 6.45) is 2.12. The number of carbonyl (C=O) groups is 2. The van der Waals surface area contributed by atoms with Gasteiger partial charge in [-0.25, -0.2) is 13.1 Å². The largest absolute Gasteiger partial charge is 0.480 e. The van der Waals surface area contributed by atoms with Crippen LogP contribution < -0.4 is 4.72 Å². The van der Waals surface area contributed by atoms with Crippen LogP contribution in [-0.4, -0.2) is 44.4 Å². The van der Waals surface area contributed by atoms with Gasteiger partial charge in [0.1, 0.15) is 6.04 Å². The number of carbonyl (C=O) groups excluding carboxylic acids is 1. The molecule has 1 unspecified atom stereocenters. The Kier molecular flexibility index (Phi) is 5.52. The van der Waals surface area contributed by atoms with Crippen molar-refractivity contribution in [1.29, 1.82) is 0 Å². The summed E-state index contributed by atoms with van der Waals surface area (Å²) in [5.74, 6) is -1.86. The molecule has 1 aliphatic carbocycles. The molecular weight excluding hydrogens is 286 g/mol. The molecule has 1 rings (SSSR count). The summed E-state index contributed by atoms with van der Waals surface area (Å²) in [6.45, 7) is 1.78. The van der Waals surface area contributed by atoms with E-state index >= 15 is 0 Å². The number of nitrogens with one attached hydrogen (secondary N) is 1. The van der Waals surface area contributed by atoms with E-state index < -0.39 is 33.4 Å². The SMILES string of the molecule is CCCC(NS(=O)(=O)CC1(CC(=O)OC)CC1)C(=O)O. The van der Waals surface area contributed by atoms with Gasteiger partial charge in [0.15, 0.2) is 0 Å². The standard InChI is InChI=1S/C12H21NO6S/c1-3-4-9(11(15)16)13-20(17,18)8-12(5-6-12)7-10(14)19-2/h9,13H,3-8H2,1-2H3,(H,15,16). The Bertz CT molecular complexity index is 468. The molecule has 1 aliphatic rings. The highest BCUT2D eigenvalue weighted by molar-refractivity contribution is 7.89. The zero-order chi connectivity index (χ0) is 15.4. The van der Waals surface area contributed by atoms with Crippen molar-refractivity contribution in [2.75, 3.05) is 12.9 Å². The molecule has 0 aromatic carbocycles. The number of carboxylic acid groups (broad SMARTS) is 1. The van der Waals surface area contributed by atoms with Gasteiger partial charge in [0.25, 0.3) is 0 Å². The van der Waals surface area contributed by atoms with Crippen molar-refractivity contribution in [3.05, 3.63) is 0 Å². The summed E-state index contributed by atoms with van der Waals surface area (Å²) in [6, 6.07) is -1.11. The van der Waals surface area contributed by atoms with Crippen molar-refractivity contribution >= 4 is 22.0 Å². The molecule has 0 aromatic heterocycles. The fourth-order valence-electron chi connectivity index (χ4n) is 2.11. The molecule has 2 N–H and O–H groups in total. The molecule has 0 aliphatic heterocycles. The first kappa shape index (κ1) is 16.9. The molecule has 7 nitrogen and oxygen atoms in total. The zero-order valence-electron chi connectivity index (χ0n) is 11.7. The Morgan fingerprint density at radius 1 is 1.40 bits per heavy atom. The maximum Gasteiger partial charge on any atom is 0.321 e. The number of ether oxygens (including phenoxy) is 1. The molecule has 1 saturated carbocycles. The Morgan fingerprint density at radius 3 is 2.40 bits per heavy atom. The monoisotopic (exact) mass is 307 g/mol. The van der Waals surface area contributed by atoms with Gasteiger partial charge in [0, 0.05) is 0 Å². The average molecular weight is 307 g/mol. The van der Waals surface area contributed by atoms with Crippen LogP contribution in [0.15, 0.2) is 0 Å². The summed E-state index contributed by atoms with van der Waals surface area (Å²) in [5.41, 5.74) is -0.589. The van der Waals surface area contributed by atoms with E-state index in [1.54, 1.807) is 6.92 Å². The van der Waals surface area contributed by atoms with Gasteiger partial charge in [-0.3, -0.25) is 9.59 Å². The van der Waals surface area contributed by atoms with Crippen molar-refractivity contribution in [2.45, 2.75) is 45.1 Å². The summed E-state index contributed by atoms with van der Waals surface area (Å²) in [7, 11) is -2.48. The van der Waals surface area contributed by atoms with Crippen LogP contribution >= 0.6 is 0 Å². The van der Waals surface area contributed by atoms with Crippen molar-refractivity contribution in [1.82, 2.24) is 4.72 Å². The van der Waals surface area contributed by atoms with Crippen LogP contribution in [0.5, 0.6) is 0 Å². The number of esters is 1. The quantitative estimate of drug-likeness (QED) is 0.600. The minimum Gasteiger partial charge on any atom is -0.480 e. The first-order chi connectivity index (χ1) is 9.23. The molecule has 0 saturated heterocycles. The van der Waals surface area contributed by atoms with Gasteiger partial charge in [-0.2, -0.15) is 0 Å². The Balaban J connectivity index is 2.65. The highest BCUT2D eigenvalue weighted by Crippen LogP contribution is 2.49. The summed E-state index contributed by atoms with van der Waals surface area (Å²) < 4.78 is 30.8. The third-order valence-electron chi connectivity index (χ3n) is 3.40. The third-order valence-corrected chi connectivity index (χ3v) is 5.03. The van der Waals surface area contributed by atoms with Crippen molar-refractivity contribution in [2.24, 2.45) is 5.41 Å². The normalized spacial score (nSPS) is 18.3. The van der Waals surface area contributed by atoms with Crippen LogP contribution in [0, 0.1) is 5.41 Å². The number of aliphatic carboxylic acids is 1. The van der Waals surface area contributed by atoms with E-state index in [1.165, 1.54) is 7.11 Å². The first-order valence-corrected chi connectivity index (χ1v) is 8.18. The van der Waals surface area contributed by atoms with E-state index in [0.29, 0.717) is 19.3 Å². The summed E-state index contributed by atoms with van der Waals surface area (Å²) in [5, 5.41) is 8.96. The van der Waals surface area contributed by atoms with Gasteiger partial charge in [-0.05, 0) is 24.7 Å². The molecule has 20 heavy (non-hydrogen) atoms. The Hall–Kier alpha value is -1.15. The van der Waals surface area contributed by atoms with E-state index in [0.717, 1.165) is 0 Å². The van der Waals surface area contributed by atoms with Crippen LogP contribution in [0.2, 0.25) is 0 Å². The lowest BCUT2D eigenvalue weighted by Gasteiger charge is -2.18. The fourth-order valence-corrected chi connectivity index (χ4v) is 4.04. The molecule has 1 atom stereocenters. The first-order valence-electron chi connectivity index (χ1n) is 6.53. The lowest BCUT2D eigenvalue weighted by molar-refractivity contribution is -0.142.